The van der Waals surface area contributed by atoms with Crippen molar-refractivity contribution in [1.29, 1.82) is 0 Å². The molecule has 0 unspecified atom stereocenters. The minimum atomic E-state index is 0.644. The molecular formula is C19H23N5O2S. The van der Waals surface area contributed by atoms with Gasteiger partial charge in [-0.3, -0.25) is 0 Å². The molecule has 1 saturated heterocycles. The average Bonchev–Trinajstić information content (AvgIpc) is 3.32. The van der Waals surface area contributed by atoms with Crippen LogP contribution in [0.2, 0.25) is 0 Å². The summed E-state index contributed by atoms with van der Waals surface area (Å²) in [5.41, 5.74) is 3.88. The first-order chi connectivity index (χ1) is 13.4. The number of aromatic nitrogens is 3. The van der Waals surface area contributed by atoms with E-state index in [1.54, 1.807) is 24.8 Å². The lowest BCUT2D eigenvalue weighted by Gasteiger charge is -2.29. The van der Waals surface area contributed by atoms with Gasteiger partial charge in [0.05, 0.1) is 30.0 Å². The number of nitrogens with zero attached hydrogens (tertiary/aromatic N) is 4. The number of fused-ring (bicyclic) bond motifs is 5. The lowest BCUT2D eigenvalue weighted by Crippen LogP contribution is -2.37. The molecule has 0 atom stereocenters. The standard InChI is InChI=1S/C19H23N5O2S/c1-25-8-5-20-17-16-15(21-11-22-17)14-12-3-2-4-13(12)18(23-19(14)27-16)24-6-9-26-10-7-24/h11H,2-10H2,1H3,(H,20,21,22). The molecule has 0 aromatic carbocycles. The van der Waals surface area contributed by atoms with Crippen LogP contribution in [0.15, 0.2) is 6.33 Å². The number of morpholine rings is 1. The van der Waals surface area contributed by atoms with E-state index in [0.717, 1.165) is 72.4 Å². The smallest absolute Gasteiger partial charge is 0.147 e. The predicted molar refractivity (Wildman–Crippen MR) is 108 cm³/mol. The Morgan fingerprint density at radius 3 is 2.93 bits per heavy atom. The van der Waals surface area contributed by atoms with E-state index in [2.05, 4.69) is 20.2 Å². The van der Waals surface area contributed by atoms with Gasteiger partial charge in [-0.15, -0.1) is 11.3 Å². The molecule has 3 aromatic heterocycles. The van der Waals surface area contributed by atoms with Gasteiger partial charge < -0.3 is 19.7 Å². The van der Waals surface area contributed by atoms with Crippen molar-refractivity contribution < 1.29 is 9.47 Å². The van der Waals surface area contributed by atoms with E-state index in [0.29, 0.717) is 6.61 Å². The van der Waals surface area contributed by atoms with Gasteiger partial charge in [0.2, 0.25) is 0 Å². The molecule has 0 saturated carbocycles. The first kappa shape index (κ1) is 17.1. The summed E-state index contributed by atoms with van der Waals surface area (Å²) in [6, 6.07) is 0. The second-order valence-electron chi connectivity index (χ2n) is 6.95. The second kappa shape index (κ2) is 7.18. The number of ether oxygens (including phenoxy) is 2. The molecule has 7 nitrogen and oxygen atoms in total. The van der Waals surface area contributed by atoms with Crippen molar-refractivity contribution in [3.63, 3.8) is 0 Å². The Labute approximate surface area is 161 Å². The molecule has 2 aliphatic rings. The van der Waals surface area contributed by atoms with Crippen molar-refractivity contribution >= 4 is 43.4 Å². The van der Waals surface area contributed by atoms with Crippen molar-refractivity contribution in [3.8, 4) is 0 Å². The largest absolute Gasteiger partial charge is 0.383 e. The SMILES string of the molecule is COCCNc1ncnc2c1sc1nc(N3CCOCC3)c3c(c12)CCC3. The molecule has 8 heteroatoms. The average molecular weight is 385 g/mol. The van der Waals surface area contributed by atoms with E-state index in [1.165, 1.54) is 22.9 Å². The molecule has 1 aliphatic carbocycles. The Hall–Kier alpha value is -2.03. The van der Waals surface area contributed by atoms with Crippen LogP contribution >= 0.6 is 11.3 Å². The van der Waals surface area contributed by atoms with Gasteiger partial charge in [0, 0.05) is 32.1 Å². The van der Waals surface area contributed by atoms with Crippen LogP contribution in [0.4, 0.5) is 11.6 Å². The van der Waals surface area contributed by atoms with Gasteiger partial charge >= 0.3 is 0 Å². The lowest BCUT2D eigenvalue weighted by molar-refractivity contribution is 0.122. The minimum absolute atomic E-state index is 0.644. The number of aryl methyl sites for hydroxylation is 1. The van der Waals surface area contributed by atoms with Crippen LogP contribution in [-0.4, -0.2) is 61.5 Å². The summed E-state index contributed by atoms with van der Waals surface area (Å²) in [6.07, 6.45) is 5.05. The van der Waals surface area contributed by atoms with Crippen LogP contribution in [0.1, 0.15) is 17.5 Å². The summed E-state index contributed by atoms with van der Waals surface area (Å²) in [5.74, 6) is 2.03. The van der Waals surface area contributed by atoms with E-state index in [9.17, 15) is 0 Å². The zero-order chi connectivity index (χ0) is 18.2. The van der Waals surface area contributed by atoms with Crippen molar-refractivity contribution in [1.82, 2.24) is 15.0 Å². The summed E-state index contributed by atoms with van der Waals surface area (Å²) < 4.78 is 11.8. The van der Waals surface area contributed by atoms with Crippen LogP contribution in [-0.2, 0) is 22.3 Å². The number of methoxy groups -OCH3 is 1. The van der Waals surface area contributed by atoms with E-state index >= 15 is 0 Å². The van der Waals surface area contributed by atoms with Crippen molar-refractivity contribution in [3.05, 3.63) is 17.5 Å². The number of rotatable bonds is 5. The third-order valence-corrected chi connectivity index (χ3v) is 6.44. The maximum absolute atomic E-state index is 5.53. The van der Waals surface area contributed by atoms with Gasteiger partial charge in [-0.2, -0.15) is 0 Å². The Morgan fingerprint density at radius 1 is 1.22 bits per heavy atom. The number of nitrogens with one attached hydrogen (secondary N) is 1. The molecule has 0 radical (unpaired) electrons. The van der Waals surface area contributed by atoms with Crippen LogP contribution in [0.5, 0.6) is 0 Å². The van der Waals surface area contributed by atoms with Gasteiger partial charge in [0.15, 0.2) is 0 Å². The molecule has 1 aliphatic heterocycles. The van der Waals surface area contributed by atoms with E-state index < -0.39 is 0 Å². The summed E-state index contributed by atoms with van der Waals surface area (Å²) in [5, 5.41) is 4.61. The summed E-state index contributed by atoms with van der Waals surface area (Å²) in [7, 11) is 1.71. The fourth-order valence-corrected chi connectivity index (χ4v) is 5.23. The number of thiophene rings is 1. The van der Waals surface area contributed by atoms with Gasteiger partial charge in [0.25, 0.3) is 0 Å². The normalized spacial score (nSPS) is 17.0. The number of hydrogen-bond acceptors (Lipinski definition) is 8. The maximum atomic E-state index is 5.53. The third kappa shape index (κ3) is 2.92. The van der Waals surface area contributed by atoms with Gasteiger partial charge in [-0.25, -0.2) is 15.0 Å². The predicted octanol–water partition coefficient (Wildman–Crippen LogP) is 2.62. The van der Waals surface area contributed by atoms with Crippen LogP contribution < -0.4 is 10.2 Å². The zero-order valence-electron chi connectivity index (χ0n) is 15.5. The van der Waals surface area contributed by atoms with Crippen LogP contribution in [0, 0.1) is 0 Å². The Morgan fingerprint density at radius 2 is 2.07 bits per heavy atom. The molecule has 0 spiro atoms. The fraction of sp³-hybridized carbons (Fsp3) is 0.526. The zero-order valence-corrected chi connectivity index (χ0v) is 16.3. The monoisotopic (exact) mass is 385 g/mol. The number of anilines is 2. The Balaban J connectivity index is 1.66. The molecule has 1 N–H and O–H groups in total. The molecule has 5 rings (SSSR count). The molecule has 3 aromatic rings. The van der Waals surface area contributed by atoms with Crippen molar-refractivity contribution in [2.75, 3.05) is 56.8 Å². The Bertz CT molecular complexity index is 983. The molecule has 142 valence electrons. The number of hydrogen-bond donors (Lipinski definition) is 1. The highest BCUT2D eigenvalue weighted by Crippen LogP contribution is 2.43. The highest BCUT2D eigenvalue weighted by atomic mass is 32.1. The molecule has 27 heavy (non-hydrogen) atoms. The van der Waals surface area contributed by atoms with Crippen molar-refractivity contribution in [2.45, 2.75) is 19.3 Å². The van der Waals surface area contributed by atoms with Gasteiger partial charge in [0.1, 0.15) is 22.8 Å². The molecule has 0 amide bonds. The fourth-order valence-electron chi connectivity index (χ4n) is 4.11. The van der Waals surface area contributed by atoms with Crippen LogP contribution in [0.25, 0.3) is 20.4 Å². The first-order valence-electron chi connectivity index (χ1n) is 9.51. The highest BCUT2D eigenvalue weighted by Gasteiger charge is 2.27. The third-order valence-electron chi connectivity index (χ3n) is 5.36. The molecular weight excluding hydrogens is 362 g/mol. The van der Waals surface area contributed by atoms with Gasteiger partial charge in [-0.05, 0) is 30.4 Å². The maximum Gasteiger partial charge on any atom is 0.147 e. The molecule has 4 heterocycles. The van der Waals surface area contributed by atoms with Crippen molar-refractivity contribution in [2.24, 2.45) is 0 Å². The van der Waals surface area contributed by atoms with Gasteiger partial charge in [-0.1, -0.05) is 0 Å². The second-order valence-corrected chi connectivity index (χ2v) is 7.95. The Kier molecular flexibility index (Phi) is 4.55. The summed E-state index contributed by atoms with van der Waals surface area (Å²) >= 11 is 1.69. The first-order valence-corrected chi connectivity index (χ1v) is 10.3. The molecule has 0 bridgehead atoms. The van der Waals surface area contributed by atoms with E-state index in [4.69, 9.17) is 14.5 Å². The quantitative estimate of drug-likeness (QED) is 0.677. The van der Waals surface area contributed by atoms with Crippen LogP contribution in [0.3, 0.4) is 0 Å². The van der Waals surface area contributed by atoms with E-state index in [1.807, 2.05) is 0 Å². The lowest BCUT2D eigenvalue weighted by atomic mass is 10.1. The minimum Gasteiger partial charge on any atom is -0.383 e. The highest BCUT2D eigenvalue weighted by molar-refractivity contribution is 7.26. The van der Waals surface area contributed by atoms with E-state index in [-0.39, 0.29) is 0 Å². The summed E-state index contributed by atoms with van der Waals surface area (Å²) in [4.78, 5) is 17.7. The molecule has 1 fully saturated rings. The summed E-state index contributed by atoms with van der Waals surface area (Å²) in [6.45, 7) is 4.76. The number of pyridine rings is 1. The topological polar surface area (TPSA) is 72.4 Å².